The number of aromatic nitrogens is 3. The fourth-order valence-electron chi connectivity index (χ4n) is 2.19. The third-order valence-electron chi connectivity index (χ3n) is 3.24. The van der Waals surface area contributed by atoms with Gasteiger partial charge in [0.15, 0.2) is 5.82 Å². The second kappa shape index (κ2) is 4.68. The molecule has 0 unspecified atom stereocenters. The Hall–Kier alpha value is -2.27. The van der Waals surface area contributed by atoms with Gasteiger partial charge >= 0.3 is 0 Å². The first-order chi connectivity index (χ1) is 9.58. The standard InChI is InChI=1S/C14H14ClN5/c1-8-12(16)14(20(2)19-8)18-11-6-5-10(15)9-4-3-7-17-13(9)11/h3-7,18H,16H2,1-2H3. The van der Waals surface area contributed by atoms with Crippen molar-refractivity contribution in [3.8, 4) is 0 Å². The van der Waals surface area contributed by atoms with Crippen molar-refractivity contribution < 1.29 is 0 Å². The van der Waals surface area contributed by atoms with Crippen LogP contribution in [0.4, 0.5) is 17.2 Å². The lowest BCUT2D eigenvalue weighted by atomic mass is 10.2. The maximum atomic E-state index is 6.19. The number of benzene rings is 1. The first-order valence-corrected chi connectivity index (χ1v) is 6.55. The summed E-state index contributed by atoms with van der Waals surface area (Å²) in [6.45, 7) is 1.87. The number of nitrogens with one attached hydrogen (secondary N) is 1. The average molecular weight is 288 g/mol. The highest BCUT2D eigenvalue weighted by Crippen LogP contribution is 2.32. The minimum absolute atomic E-state index is 0.631. The van der Waals surface area contributed by atoms with Crippen LogP contribution in [0.25, 0.3) is 10.9 Å². The highest BCUT2D eigenvalue weighted by Gasteiger charge is 2.12. The first-order valence-electron chi connectivity index (χ1n) is 6.17. The number of aryl methyl sites for hydroxylation is 2. The van der Waals surface area contributed by atoms with Gasteiger partial charge in [0, 0.05) is 18.6 Å². The molecule has 3 rings (SSSR count). The van der Waals surface area contributed by atoms with Crippen molar-refractivity contribution in [2.24, 2.45) is 7.05 Å². The van der Waals surface area contributed by atoms with Crippen LogP contribution in [0.5, 0.6) is 0 Å². The number of nitrogens with zero attached hydrogens (tertiary/aromatic N) is 3. The fourth-order valence-corrected chi connectivity index (χ4v) is 2.40. The molecule has 0 atom stereocenters. The minimum Gasteiger partial charge on any atom is -0.394 e. The molecule has 5 nitrogen and oxygen atoms in total. The highest BCUT2D eigenvalue weighted by atomic mass is 35.5. The normalized spacial score (nSPS) is 10.9. The van der Waals surface area contributed by atoms with Crippen molar-refractivity contribution in [2.75, 3.05) is 11.1 Å². The molecule has 3 aromatic rings. The van der Waals surface area contributed by atoms with Gasteiger partial charge in [0.1, 0.15) is 0 Å². The first kappa shape index (κ1) is 12.7. The van der Waals surface area contributed by atoms with E-state index in [9.17, 15) is 0 Å². The van der Waals surface area contributed by atoms with Crippen molar-refractivity contribution in [3.05, 3.63) is 41.2 Å². The molecule has 2 aromatic heterocycles. The van der Waals surface area contributed by atoms with E-state index in [0.717, 1.165) is 28.1 Å². The Morgan fingerprint density at radius 2 is 2.10 bits per heavy atom. The average Bonchev–Trinajstić information content (AvgIpc) is 2.68. The summed E-state index contributed by atoms with van der Waals surface area (Å²) in [6, 6.07) is 7.53. The van der Waals surface area contributed by atoms with Gasteiger partial charge in [-0.15, -0.1) is 0 Å². The zero-order chi connectivity index (χ0) is 14.3. The molecule has 0 amide bonds. The molecule has 0 radical (unpaired) electrons. The van der Waals surface area contributed by atoms with Crippen LogP contribution in [-0.4, -0.2) is 14.8 Å². The zero-order valence-corrected chi connectivity index (χ0v) is 11.9. The molecule has 0 bridgehead atoms. The second-order valence-electron chi connectivity index (χ2n) is 4.59. The Morgan fingerprint density at radius 1 is 1.30 bits per heavy atom. The van der Waals surface area contributed by atoms with Gasteiger partial charge in [-0.2, -0.15) is 5.10 Å². The van der Waals surface area contributed by atoms with Crippen molar-refractivity contribution in [3.63, 3.8) is 0 Å². The molecule has 0 aliphatic heterocycles. The summed E-state index contributed by atoms with van der Waals surface area (Å²) in [5.41, 5.74) is 9.11. The number of hydrogen-bond acceptors (Lipinski definition) is 4. The molecule has 0 aliphatic rings. The number of rotatable bonds is 2. The summed E-state index contributed by atoms with van der Waals surface area (Å²) >= 11 is 6.19. The van der Waals surface area contributed by atoms with Gasteiger partial charge in [0.05, 0.1) is 27.6 Å². The molecule has 102 valence electrons. The summed E-state index contributed by atoms with van der Waals surface area (Å²) in [5, 5.41) is 9.15. The predicted octanol–water partition coefficient (Wildman–Crippen LogP) is 3.26. The molecule has 1 aromatic carbocycles. The topological polar surface area (TPSA) is 68.8 Å². The van der Waals surface area contributed by atoms with E-state index in [1.807, 2.05) is 38.2 Å². The van der Waals surface area contributed by atoms with Crippen LogP contribution in [0.2, 0.25) is 5.02 Å². The molecule has 0 fully saturated rings. The number of pyridine rings is 1. The molecule has 2 heterocycles. The molecular formula is C14H14ClN5. The predicted molar refractivity (Wildman–Crippen MR) is 82.4 cm³/mol. The third kappa shape index (κ3) is 1.96. The highest BCUT2D eigenvalue weighted by molar-refractivity contribution is 6.35. The third-order valence-corrected chi connectivity index (χ3v) is 3.57. The van der Waals surface area contributed by atoms with Gasteiger partial charge in [-0.1, -0.05) is 11.6 Å². The lowest BCUT2D eigenvalue weighted by molar-refractivity contribution is 0.765. The van der Waals surface area contributed by atoms with Gasteiger partial charge in [0.2, 0.25) is 0 Å². The van der Waals surface area contributed by atoms with Gasteiger partial charge in [-0.3, -0.25) is 9.67 Å². The Labute approximate surface area is 121 Å². The molecule has 0 aliphatic carbocycles. The Bertz CT molecular complexity index is 794. The molecule has 0 saturated carbocycles. The van der Waals surface area contributed by atoms with Gasteiger partial charge in [-0.05, 0) is 31.2 Å². The lowest BCUT2D eigenvalue weighted by Crippen LogP contribution is -2.02. The zero-order valence-electron chi connectivity index (χ0n) is 11.2. The number of fused-ring (bicyclic) bond motifs is 1. The second-order valence-corrected chi connectivity index (χ2v) is 5.00. The van der Waals surface area contributed by atoms with Crippen molar-refractivity contribution in [1.29, 1.82) is 0 Å². The van der Waals surface area contributed by atoms with Gasteiger partial charge in [-0.25, -0.2) is 0 Å². The van der Waals surface area contributed by atoms with Crippen LogP contribution in [0.1, 0.15) is 5.69 Å². The number of nitrogen functional groups attached to an aromatic ring is 1. The maximum Gasteiger partial charge on any atom is 0.152 e. The fraction of sp³-hybridized carbons (Fsp3) is 0.143. The maximum absolute atomic E-state index is 6.19. The van der Waals surface area contributed by atoms with Gasteiger partial charge < -0.3 is 11.1 Å². The van der Waals surface area contributed by atoms with Crippen LogP contribution in [0, 0.1) is 6.92 Å². The SMILES string of the molecule is Cc1nn(C)c(Nc2ccc(Cl)c3cccnc23)c1N. The lowest BCUT2D eigenvalue weighted by Gasteiger charge is -2.11. The largest absolute Gasteiger partial charge is 0.394 e. The van der Waals surface area contributed by atoms with Crippen molar-refractivity contribution >= 4 is 39.7 Å². The van der Waals surface area contributed by atoms with E-state index in [1.54, 1.807) is 10.9 Å². The van der Waals surface area contributed by atoms with Crippen LogP contribution >= 0.6 is 11.6 Å². The van der Waals surface area contributed by atoms with E-state index in [1.165, 1.54) is 0 Å². The summed E-state index contributed by atoms with van der Waals surface area (Å²) < 4.78 is 1.72. The summed E-state index contributed by atoms with van der Waals surface area (Å²) in [5.74, 6) is 0.747. The molecule has 0 saturated heterocycles. The van der Waals surface area contributed by atoms with Gasteiger partial charge in [0.25, 0.3) is 0 Å². The van der Waals surface area contributed by atoms with Crippen LogP contribution in [-0.2, 0) is 7.05 Å². The van der Waals surface area contributed by atoms with E-state index in [4.69, 9.17) is 17.3 Å². The van der Waals surface area contributed by atoms with Crippen molar-refractivity contribution in [2.45, 2.75) is 6.92 Å². The minimum atomic E-state index is 0.631. The Kier molecular flexibility index (Phi) is 2.99. The van der Waals surface area contributed by atoms with Crippen LogP contribution in [0.15, 0.2) is 30.5 Å². The van der Waals surface area contributed by atoms with E-state index < -0.39 is 0 Å². The monoisotopic (exact) mass is 287 g/mol. The van der Waals surface area contributed by atoms with Crippen LogP contribution in [0.3, 0.4) is 0 Å². The molecule has 20 heavy (non-hydrogen) atoms. The van der Waals surface area contributed by atoms with E-state index in [2.05, 4.69) is 15.4 Å². The smallest absolute Gasteiger partial charge is 0.152 e. The summed E-state index contributed by atoms with van der Waals surface area (Å²) in [7, 11) is 1.84. The molecule has 3 N–H and O–H groups in total. The van der Waals surface area contributed by atoms with E-state index in [-0.39, 0.29) is 0 Å². The molecule has 0 spiro atoms. The number of anilines is 3. The molecule has 6 heteroatoms. The quantitative estimate of drug-likeness (QED) is 0.759. The Balaban J connectivity index is 2.14. The number of nitrogens with two attached hydrogens (primary N) is 1. The molecular weight excluding hydrogens is 274 g/mol. The summed E-state index contributed by atoms with van der Waals surface area (Å²) in [4.78, 5) is 4.39. The van der Waals surface area contributed by atoms with Crippen molar-refractivity contribution in [1.82, 2.24) is 14.8 Å². The van der Waals surface area contributed by atoms with E-state index in [0.29, 0.717) is 10.7 Å². The van der Waals surface area contributed by atoms with Crippen LogP contribution < -0.4 is 11.1 Å². The number of hydrogen-bond donors (Lipinski definition) is 2. The Morgan fingerprint density at radius 3 is 2.80 bits per heavy atom. The number of halogens is 1. The summed E-state index contributed by atoms with van der Waals surface area (Å²) in [6.07, 6.45) is 1.74. The van der Waals surface area contributed by atoms with E-state index >= 15 is 0 Å².